The van der Waals surface area contributed by atoms with Gasteiger partial charge in [0.1, 0.15) is 23.0 Å². The van der Waals surface area contributed by atoms with E-state index in [4.69, 9.17) is 15.2 Å². The maximum atomic E-state index is 13.2. The molecule has 1 amide bonds. The number of ether oxygens (including phenoxy) is 2. The van der Waals surface area contributed by atoms with Gasteiger partial charge in [-0.05, 0) is 42.7 Å². The minimum atomic E-state index is -4.55. The number of likely N-dealkylation sites (tertiary alicyclic amines) is 1. The van der Waals surface area contributed by atoms with Crippen molar-refractivity contribution in [3.8, 4) is 22.6 Å². The molecule has 0 aliphatic carbocycles. The lowest BCUT2D eigenvalue weighted by Gasteiger charge is -2.31. The zero-order valence-electron chi connectivity index (χ0n) is 19.2. The van der Waals surface area contributed by atoms with Crippen molar-refractivity contribution < 1.29 is 27.4 Å². The number of hydrogen-bond donors (Lipinski definition) is 1. The number of carbonyl (C=O) groups excluding carboxylic acids is 1. The molecule has 0 spiro atoms. The highest BCUT2D eigenvalue weighted by atomic mass is 19.4. The third-order valence-corrected chi connectivity index (χ3v) is 6.03. The first-order valence-electron chi connectivity index (χ1n) is 10.9. The fourth-order valence-corrected chi connectivity index (χ4v) is 4.14. The molecule has 1 saturated heterocycles. The monoisotopic (exact) mass is 487 g/mol. The molecule has 1 fully saturated rings. The number of nitrogens with zero attached hydrogens (tertiary/aromatic N) is 4. The molecule has 3 aromatic rings. The summed E-state index contributed by atoms with van der Waals surface area (Å²) in [5, 5.41) is 8.04. The number of piperidine rings is 1. The number of nitrogen functional groups attached to an aromatic ring is 1. The number of methoxy groups -OCH3 is 2. The summed E-state index contributed by atoms with van der Waals surface area (Å²) < 4.78 is 50.0. The molecule has 0 atom stereocenters. The van der Waals surface area contributed by atoms with Crippen LogP contribution >= 0.6 is 0 Å². The van der Waals surface area contributed by atoms with Gasteiger partial charge in [0.05, 0.1) is 25.5 Å². The number of amides is 1. The van der Waals surface area contributed by atoms with Gasteiger partial charge in [0.25, 0.3) is 5.91 Å². The number of aromatic nitrogens is 3. The van der Waals surface area contributed by atoms with Gasteiger partial charge in [0.2, 0.25) is 0 Å². The molecule has 0 radical (unpaired) electrons. The van der Waals surface area contributed by atoms with Crippen molar-refractivity contribution in [2.24, 2.45) is 0 Å². The first-order chi connectivity index (χ1) is 16.7. The quantitative estimate of drug-likeness (QED) is 0.576. The number of rotatable bonds is 5. The van der Waals surface area contributed by atoms with E-state index < -0.39 is 11.7 Å². The SMILES string of the molecule is COc1cc(C(=O)N2CCC(c3ccc(N)nn3)CC2)ncc1-c1ccc(C(F)(F)F)c(OC)c1. The summed E-state index contributed by atoms with van der Waals surface area (Å²) in [6.07, 6.45) is -1.67. The summed E-state index contributed by atoms with van der Waals surface area (Å²) in [4.78, 5) is 19.1. The number of pyridine rings is 1. The Morgan fingerprint density at radius 3 is 2.34 bits per heavy atom. The van der Waals surface area contributed by atoms with Gasteiger partial charge in [-0.15, -0.1) is 5.10 Å². The Hall–Kier alpha value is -3.89. The van der Waals surface area contributed by atoms with Gasteiger partial charge in [0, 0.05) is 36.8 Å². The van der Waals surface area contributed by atoms with Crippen molar-refractivity contribution in [1.29, 1.82) is 0 Å². The first-order valence-corrected chi connectivity index (χ1v) is 10.9. The standard InChI is InChI=1S/C24H24F3N5O3/c1-34-20-12-19(23(33)32-9-7-14(8-10-32)18-5-6-22(28)31-30-18)29-13-16(20)15-3-4-17(24(25,26)27)21(11-15)35-2/h3-6,11-14H,7-10H2,1-2H3,(H2,28,31). The van der Waals surface area contributed by atoms with E-state index >= 15 is 0 Å². The smallest absolute Gasteiger partial charge is 0.419 e. The van der Waals surface area contributed by atoms with Crippen LogP contribution in [0.5, 0.6) is 11.5 Å². The average Bonchev–Trinajstić information content (AvgIpc) is 2.87. The van der Waals surface area contributed by atoms with Gasteiger partial charge in [-0.2, -0.15) is 18.3 Å². The lowest BCUT2D eigenvalue weighted by atomic mass is 9.93. The number of alkyl halides is 3. The van der Waals surface area contributed by atoms with Gasteiger partial charge < -0.3 is 20.1 Å². The molecule has 1 aromatic carbocycles. The van der Waals surface area contributed by atoms with E-state index in [0.29, 0.717) is 35.8 Å². The second kappa shape index (κ2) is 9.77. The van der Waals surface area contributed by atoms with E-state index in [1.807, 2.05) is 6.07 Å². The lowest BCUT2D eigenvalue weighted by Crippen LogP contribution is -2.38. The van der Waals surface area contributed by atoms with Crippen molar-refractivity contribution in [2.75, 3.05) is 33.0 Å². The molecule has 8 nitrogen and oxygen atoms in total. The molecule has 0 saturated carbocycles. The summed E-state index contributed by atoms with van der Waals surface area (Å²) in [6, 6.07) is 8.60. The van der Waals surface area contributed by atoms with Crippen LogP contribution in [0.25, 0.3) is 11.1 Å². The van der Waals surface area contributed by atoms with Crippen LogP contribution in [0.3, 0.4) is 0 Å². The number of hydrogen-bond acceptors (Lipinski definition) is 7. The molecule has 35 heavy (non-hydrogen) atoms. The van der Waals surface area contributed by atoms with E-state index in [2.05, 4.69) is 15.2 Å². The largest absolute Gasteiger partial charge is 0.496 e. The number of anilines is 1. The second-order valence-corrected chi connectivity index (χ2v) is 8.13. The van der Waals surface area contributed by atoms with Crippen LogP contribution < -0.4 is 15.2 Å². The summed E-state index contributed by atoms with van der Waals surface area (Å²) in [7, 11) is 2.60. The number of benzene rings is 1. The molecule has 11 heteroatoms. The minimum Gasteiger partial charge on any atom is -0.496 e. The highest BCUT2D eigenvalue weighted by molar-refractivity contribution is 5.93. The Bertz CT molecular complexity index is 1210. The van der Waals surface area contributed by atoms with E-state index in [1.165, 1.54) is 38.6 Å². The molecular formula is C24H24F3N5O3. The van der Waals surface area contributed by atoms with Crippen molar-refractivity contribution in [3.05, 3.63) is 59.5 Å². The number of carbonyl (C=O) groups is 1. The summed E-state index contributed by atoms with van der Waals surface area (Å²) >= 11 is 0. The van der Waals surface area contributed by atoms with Crippen LogP contribution in [-0.2, 0) is 6.18 Å². The van der Waals surface area contributed by atoms with Gasteiger partial charge in [-0.1, -0.05) is 6.07 Å². The molecule has 1 aliphatic rings. The predicted octanol–water partition coefficient (Wildman–Crippen LogP) is 4.18. The van der Waals surface area contributed by atoms with Gasteiger partial charge in [-0.25, -0.2) is 0 Å². The highest BCUT2D eigenvalue weighted by Gasteiger charge is 2.34. The first kappa shape index (κ1) is 24.2. The third-order valence-electron chi connectivity index (χ3n) is 6.03. The Morgan fingerprint density at radius 2 is 1.74 bits per heavy atom. The molecule has 2 aromatic heterocycles. The fraction of sp³-hybridized carbons (Fsp3) is 0.333. The van der Waals surface area contributed by atoms with E-state index in [-0.39, 0.29) is 23.3 Å². The Kier molecular flexibility index (Phi) is 6.77. The molecule has 0 bridgehead atoms. The van der Waals surface area contributed by atoms with Crippen LogP contribution in [0.15, 0.2) is 42.6 Å². The van der Waals surface area contributed by atoms with Crippen molar-refractivity contribution >= 4 is 11.7 Å². The van der Waals surface area contributed by atoms with Gasteiger partial charge in [-0.3, -0.25) is 9.78 Å². The summed E-state index contributed by atoms with van der Waals surface area (Å²) in [5.41, 5.74) is 6.62. The van der Waals surface area contributed by atoms with E-state index in [1.54, 1.807) is 11.0 Å². The molecule has 3 heterocycles. The van der Waals surface area contributed by atoms with Gasteiger partial charge in [0.15, 0.2) is 0 Å². The average molecular weight is 487 g/mol. The Morgan fingerprint density at radius 1 is 1.03 bits per heavy atom. The lowest BCUT2D eigenvalue weighted by molar-refractivity contribution is -0.138. The third kappa shape index (κ3) is 5.13. The Labute approximate surface area is 199 Å². The van der Waals surface area contributed by atoms with E-state index in [9.17, 15) is 18.0 Å². The minimum absolute atomic E-state index is 0.187. The van der Waals surface area contributed by atoms with Crippen LogP contribution in [0, 0.1) is 0 Å². The maximum Gasteiger partial charge on any atom is 0.419 e. The molecule has 4 rings (SSSR count). The molecule has 0 unspecified atom stereocenters. The molecule has 1 aliphatic heterocycles. The molecule has 2 N–H and O–H groups in total. The van der Waals surface area contributed by atoms with Crippen LogP contribution in [0.4, 0.5) is 19.0 Å². The van der Waals surface area contributed by atoms with Crippen LogP contribution in [0.1, 0.15) is 40.5 Å². The van der Waals surface area contributed by atoms with Gasteiger partial charge >= 0.3 is 6.18 Å². The summed E-state index contributed by atoms with van der Waals surface area (Å²) in [5.74, 6) is 0.302. The molecular weight excluding hydrogens is 463 g/mol. The zero-order valence-corrected chi connectivity index (χ0v) is 19.2. The summed E-state index contributed by atoms with van der Waals surface area (Å²) in [6.45, 7) is 1.05. The number of nitrogens with two attached hydrogens (primary N) is 1. The predicted molar refractivity (Wildman–Crippen MR) is 122 cm³/mol. The number of halogens is 3. The zero-order chi connectivity index (χ0) is 25.2. The Balaban J connectivity index is 1.52. The van der Waals surface area contributed by atoms with Crippen LogP contribution in [0.2, 0.25) is 0 Å². The van der Waals surface area contributed by atoms with Crippen molar-refractivity contribution in [3.63, 3.8) is 0 Å². The second-order valence-electron chi connectivity index (χ2n) is 8.13. The highest BCUT2D eigenvalue weighted by Crippen LogP contribution is 2.40. The maximum absolute atomic E-state index is 13.2. The fourth-order valence-electron chi connectivity index (χ4n) is 4.14. The normalized spacial score (nSPS) is 14.6. The topological polar surface area (TPSA) is 103 Å². The van der Waals surface area contributed by atoms with Crippen molar-refractivity contribution in [1.82, 2.24) is 20.1 Å². The molecule has 184 valence electrons. The van der Waals surface area contributed by atoms with Crippen LogP contribution in [-0.4, -0.2) is 53.3 Å². The van der Waals surface area contributed by atoms with Crippen molar-refractivity contribution in [2.45, 2.75) is 24.9 Å². The van der Waals surface area contributed by atoms with E-state index in [0.717, 1.165) is 24.6 Å².